The first-order valence-electron chi connectivity index (χ1n) is 5.45. The quantitative estimate of drug-likeness (QED) is 0.409. The van der Waals surface area contributed by atoms with Crippen molar-refractivity contribution in [2.75, 3.05) is 0 Å². The van der Waals surface area contributed by atoms with E-state index in [2.05, 4.69) is 14.8 Å². The number of carbonyl (C=O) groups is 1. The van der Waals surface area contributed by atoms with Gasteiger partial charge in [0.15, 0.2) is 0 Å². The summed E-state index contributed by atoms with van der Waals surface area (Å²) in [7, 11) is 0. The van der Waals surface area contributed by atoms with Crippen molar-refractivity contribution in [1.82, 2.24) is 9.97 Å². The van der Waals surface area contributed by atoms with Crippen LogP contribution in [0.25, 0.3) is 21.8 Å². The normalized spacial score (nSPS) is 10.8. The number of fused-ring (bicyclic) bond motifs is 3. The highest BCUT2D eigenvalue weighted by Gasteiger charge is 2.09. The Hall–Kier alpha value is -2.60. The standard InChI is InChI=1S/C13H8FN3O2/c14-12-4-3-9-8-2-1-7(13(18)19-15)5-10(8)16-6-11(9)17-12/h1-6H,15H2. The SMILES string of the molecule is NOC(=O)c1ccc2c(c1)ncc1nc(F)ccc12. The third-order valence-electron chi connectivity index (χ3n) is 2.85. The molecule has 94 valence electrons. The lowest BCUT2D eigenvalue weighted by molar-refractivity contribution is 0.0503. The van der Waals surface area contributed by atoms with E-state index in [1.165, 1.54) is 12.3 Å². The van der Waals surface area contributed by atoms with Gasteiger partial charge in [-0.25, -0.2) is 9.78 Å². The van der Waals surface area contributed by atoms with Gasteiger partial charge in [-0.2, -0.15) is 10.3 Å². The lowest BCUT2D eigenvalue weighted by Crippen LogP contribution is -2.09. The maximum atomic E-state index is 13.0. The van der Waals surface area contributed by atoms with Crippen LogP contribution >= 0.6 is 0 Å². The van der Waals surface area contributed by atoms with Crippen molar-refractivity contribution in [2.45, 2.75) is 0 Å². The first kappa shape index (κ1) is 11.5. The van der Waals surface area contributed by atoms with Crippen molar-refractivity contribution in [2.24, 2.45) is 5.90 Å². The summed E-state index contributed by atoms with van der Waals surface area (Å²) in [6.07, 6.45) is 1.46. The Balaban J connectivity index is 2.29. The van der Waals surface area contributed by atoms with E-state index in [0.717, 1.165) is 10.8 Å². The molecule has 0 fully saturated rings. The minimum Gasteiger partial charge on any atom is -0.370 e. The predicted octanol–water partition coefficient (Wildman–Crippen LogP) is 1.95. The fraction of sp³-hybridized carbons (Fsp3) is 0. The van der Waals surface area contributed by atoms with Gasteiger partial charge in [-0.1, -0.05) is 6.07 Å². The number of nitrogens with zero attached hydrogens (tertiary/aromatic N) is 2. The van der Waals surface area contributed by atoms with Crippen LogP contribution in [0.5, 0.6) is 0 Å². The van der Waals surface area contributed by atoms with Gasteiger partial charge in [0.1, 0.15) is 0 Å². The number of hydrogen-bond donors (Lipinski definition) is 1. The summed E-state index contributed by atoms with van der Waals surface area (Å²) in [5, 5.41) is 1.54. The third kappa shape index (κ3) is 1.88. The molecule has 2 heterocycles. The van der Waals surface area contributed by atoms with Gasteiger partial charge in [-0.05, 0) is 24.3 Å². The van der Waals surface area contributed by atoms with E-state index in [1.54, 1.807) is 24.3 Å². The van der Waals surface area contributed by atoms with Crippen molar-refractivity contribution in [3.05, 3.63) is 48.0 Å². The zero-order valence-electron chi connectivity index (χ0n) is 9.63. The van der Waals surface area contributed by atoms with E-state index >= 15 is 0 Å². The summed E-state index contributed by atoms with van der Waals surface area (Å²) in [4.78, 5) is 23.4. The predicted molar refractivity (Wildman–Crippen MR) is 66.6 cm³/mol. The number of rotatable bonds is 1. The van der Waals surface area contributed by atoms with Crippen molar-refractivity contribution in [3.8, 4) is 0 Å². The smallest absolute Gasteiger partial charge is 0.356 e. The summed E-state index contributed by atoms with van der Waals surface area (Å²) >= 11 is 0. The van der Waals surface area contributed by atoms with Crippen molar-refractivity contribution in [1.29, 1.82) is 0 Å². The van der Waals surface area contributed by atoms with Crippen LogP contribution in [-0.4, -0.2) is 15.9 Å². The van der Waals surface area contributed by atoms with E-state index < -0.39 is 11.9 Å². The molecule has 0 amide bonds. The fourth-order valence-corrected chi connectivity index (χ4v) is 1.97. The monoisotopic (exact) mass is 257 g/mol. The lowest BCUT2D eigenvalue weighted by Gasteiger charge is -2.04. The summed E-state index contributed by atoms with van der Waals surface area (Å²) in [5.41, 5.74) is 1.35. The first-order valence-corrected chi connectivity index (χ1v) is 5.45. The second-order valence-corrected chi connectivity index (χ2v) is 3.96. The molecule has 0 aliphatic heterocycles. The van der Waals surface area contributed by atoms with Crippen LogP contribution in [0.1, 0.15) is 10.4 Å². The zero-order valence-corrected chi connectivity index (χ0v) is 9.63. The summed E-state index contributed by atoms with van der Waals surface area (Å²) < 4.78 is 13.0. The molecule has 0 aliphatic rings. The molecule has 0 bridgehead atoms. The number of halogens is 1. The molecular formula is C13H8FN3O2. The number of benzene rings is 1. The fourth-order valence-electron chi connectivity index (χ4n) is 1.97. The van der Waals surface area contributed by atoms with E-state index in [1.807, 2.05) is 0 Å². The average Bonchev–Trinajstić information content (AvgIpc) is 2.45. The highest BCUT2D eigenvalue weighted by Crippen LogP contribution is 2.23. The van der Waals surface area contributed by atoms with Gasteiger partial charge >= 0.3 is 5.97 Å². The molecular weight excluding hydrogens is 249 g/mol. The van der Waals surface area contributed by atoms with Gasteiger partial charge in [-0.3, -0.25) is 4.98 Å². The van der Waals surface area contributed by atoms with E-state index in [0.29, 0.717) is 16.6 Å². The van der Waals surface area contributed by atoms with Gasteiger partial charge in [0.25, 0.3) is 0 Å². The zero-order chi connectivity index (χ0) is 13.4. The van der Waals surface area contributed by atoms with Crippen molar-refractivity contribution < 1.29 is 14.0 Å². The molecule has 0 unspecified atom stereocenters. The lowest BCUT2D eigenvalue weighted by atomic mass is 10.1. The number of pyridine rings is 2. The van der Waals surface area contributed by atoms with Gasteiger partial charge in [0, 0.05) is 10.8 Å². The molecule has 0 spiro atoms. The highest BCUT2D eigenvalue weighted by molar-refractivity contribution is 6.05. The molecule has 1 aromatic carbocycles. The van der Waals surface area contributed by atoms with Crippen molar-refractivity contribution in [3.63, 3.8) is 0 Å². The number of aromatic nitrogens is 2. The Kier molecular flexibility index (Phi) is 2.57. The maximum Gasteiger partial charge on any atom is 0.356 e. The molecule has 0 aliphatic carbocycles. The molecule has 0 radical (unpaired) electrons. The van der Waals surface area contributed by atoms with Crippen LogP contribution in [0, 0.1) is 5.95 Å². The average molecular weight is 257 g/mol. The van der Waals surface area contributed by atoms with Gasteiger partial charge in [0.05, 0.1) is 22.8 Å². The van der Waals surface area contributed by atoms with E-state index in [9.17, 15) is 9.18 Å². The van der Waals surface area contributed by atoms with E-state index in [4.69, 9.17) is 5.90 Å². The second-order valence-electron chi connectivity index (χ2n) is 3.96. The first-order chi connectivity index (χ1) is 9.19. The minimum absolute atomic E-state index is 0.303. The highest BCUT2D eigenvalue weighted by atomic mass is 19.1. The summed E-state index contributed by atoms with van der Waals surface area (Å²) in [5.74, 6) is 3.64. The molecule has 0 saturated heterocycles. The Morgan fingerprint density at radius 2 is 1.89 bits per heavy atom. The largest absolute Gasteiger partial charge is 0.370 e. The summed E-state index contributed by atoms with van der Waals surface area (Å²) in [6.45, 7) is 0. The van der Waals surface area contributed by atoms with Crippen LogP contribution in [0.4, 0.5) is 4.39 Å². The van der Waals surface area contributed by atoms with Crippen LogP contribution in [0.15, 0.2) is 36.5 Å². The van der Waals surface area contributed by atoms with Gasteiger partial charge in [0.2, 0.25) is 5.95 Å². The van der Waals surface area contributed by atoms with E-state index in [-0.39, 0.29) is 0 Å². The van der Waals surface area contributed by atoms with Crippen LogP contribution in [0.3, 0.4) is 0 Å². The molecule has 3 aromatic rings. The van der Waals surface area contributed by atoms with Crippen LogP contribution < -0.4 is 5.90 Å². The summed E-state index contributed by atoms with van der Waals surface area (Å²) in [6, 6.07) is 7.75. The van der Waals surface area contributed by atoms with Gasteiger partial charge in [-0.15, -0.1) is 0 Å². The van der Waals surface area contributed by atoms with Crippen LogP contribution in [-0.2, 0) is 4.84 Å². The molecule has 5 nitrogen and oxygen atoms in total. The Morgan fingerprint density at radius 3 is 2.68 bits per heavy atom. The van der Waals surface area contributed by atoms with Gasteiger partial charge < -0.3 is 4.84 Å². The Morgan fingerprint density at radius 1 is 1.16 bits per heavy atom. The Labute approximate surface area is 106 Å². The molecule has 6 heteroatoms. The number of hydrogen-bond acceptors (Lipinski definition) is 5. The molecule has 3 rings (SSSR count). The molecule has 0 atom stereocenters. The second kappa shape index (κ2) is 4.25. The topological polar surface area (TPSA) is 78.1 Å². The molecule has 2 N–H and O–H groups in total. The molecule has 0 saturated carbocycles. The Bertz CT molecular complexity index is 804. The third-order valence-corrected chi connectivity index (χ3v) is 2.85. The van der Waals surface area contributed by atoms with Crippen LogP contribution in [0.2, 0.25) is 0 Å². The number of nitrogens with two attached hydrogens (primary N) is 1. The number of carbonyl (C=O) groups excluding carboxylic acids is 1. The minimum atomic E-state index is -0.638. The van der Waals surface area contributed by atoms with Crippen molar-refractivity contribution >= 4 is 27.8 Å². The molecule has 2 aromatic heterocycles. The molecule has 19 heavy (non-hydrogen) atoms. The maximum absolute atomic E-state index is 13.0.